The van der Waals surface area contributed by atoms with Crippen LogP contribution in [0.5, 0.6) is 0 Å². The quantitative estimate of drug-likeness (QED) is 0.573. The third-order valence-electron chi connectivity index (χ3n) is 4.52. The van der Waals surface area contributed by atoms with Gasteiger partial charge in [0.1, 0.15) is 16.3 Å². The summed E-state index contributed by atoms with van der Waals surface area (Å²) in [5, 5.41) is 13.7. The molecular formula is C20H19F3N4OS. The van der Waals surface area contributed by atoms with Gasteiger partial charge in [0.25, 0.3) is 0 Å². The number of nitrogens with zero attached hydrogens (tertiary/aromatic N) is 3. The predicted octanol–water partition coefficient (Wildman–Crippen LogP) is 5.47. The Morgan fingerprint density at radius 2 is 1.90 bits per heavy atom. The number of aliphatic hydroxyl groups is 1. The van der Waals surface area contributed by atoms with E-state index in [1.807, 2.05) is 12.1 Å². The van der Waals surface area contributed by atoms with E-state index >= 15 is 0 Å². The van der Waals surface area contributed by atoms with E-state index in [-0.39, 0.29) is 5.95 Å². The molecular weight excluding hydrogens is 401 g/mol. The fourth-order valence-corrected chi connectivity index (χ4v) is 3.82. The summed E-state index contributed by atoms with van der Waals surface area (Å²) in [6.07, 6.45) is 0.425. The molecule has 9 heteroatoms. The molecule has 0 atom stereocenters. The van der Waals surface area contributed by atoms with Gasteiger partial charge in [0, 0.05) is 18.1 Å². The highest BCUT2D eigenvalue weighted by Crippen LogP contribution is 2.43. The van der Waals surface area contributed by atoms with Crippen molar-refractivity contribution in [1.82, 2.24) is 15.0 Å². The van der Waals surface area contributed by atoms with E-state index in [4.69, 9.17) is 0 Å². The summed E-state index contributed by atoms with van der Waals surface area (Å²) in [5.41, 5.74) is 0.573. The maximum atomic E-state index is 12.9. The molecule has 4 rings (SSSR count). The van der Waals surface area contributed by atoms with E-state index in [2.05, 4.69) is 26.3 Å². The van der Waals surface area contributed by atoms with Crippen molar-refractivity contribution in [3.8, 4) is 10.4 Å². The largest absolute Gasteiger partial charge is 0.433 e. The smallest absolute Gasteiger partial charge is 0.383 e. The monoisotopic (exact) mass is 420 g/mol. The van der Waals surface area contributed by atoms with Gasteiger partial charge in [-0.3, -0.25) is 0 Å². The van der Waals surface area contributed by atoms with Gasteiger partial charge >= 0.3 is 6.18 Å². The fraction of sp³-hybridized carbons (Fsp3) is 0.350. The number of anilines is 2. The maximum absolute atomic E-state index is 12.9. The molecule has 2 N–H and O–H groups in total. The van der Waals surface area contributed by atoms with E-state index in [0.29, 0.717) is 16.6 Å². The minimum Gasteiger partial charge on any atom is -0.383 e. The highest BCUT2D eigenvalue weighted by Gasteiger charge is 2.33. The molecule has 1 aliphatic rings. The molecule has 0 bridgehead atoms. The van der Waals surface area contributed by atoms with Gasteiger partial charge in [0.05, 0.1) is 4.88 Å². The van der Waals surface area contributed by atoms with Gasteiger partial charge in [-0.1, -0.05) is 0 Å². The van der Waals surface area contributed by atoms with Crippen LogP contribution in [0.2, 0.25) is 0 Å². The molecule has 3 aromatic rings. The zero-order valence-corrected chi connectivity index (χ0v) is 16.6. The van der Waals surface area contributed by atoms with Gasteiger partial charge in [-0.15, -0.1) is 11.3 Å². The molecule has 2 heterocycles. The summed E-state index contributed by atoms with van der Waals surface area (Å²) in [7, 11) is 0. The lowest BCUT2D eigenvalue weighted by molar-refractivity contribution is -0.141. The van der Waals surface area contributed by atoms with Gasteiger partial charge in [-0.25, -0.2) is 15.0 Å². The zero-order chi connectivity index (χ0) is 20.8. The highest BCUT2D eigenvalue weighted by molar-refractivity contribution is 7.15. The molecule has 0 saturated heterocycles. The van der Waals surface area contributed by atoms with Crippen LogP contribution >= 0.6 is 11.3 Å². The Balaban J connectivity index is 1.69. The van der Waals surface area contributed by atoms with E-state index in [9.17, 15) is 18.3 Å². The number of alkyl halides is 3. The second kappa shape index (κ2) is 7.07. The Hall–Kier alpha value is -2.52. The summed E-state index contributed by atoms with van der Waals surface area (Å²) < 4.78 is 38.8. The van der Waals surface area contributed by atoms with Crippen LogP contribution in [0.4, 0.5) is 24.8 Å². The van der Waals surface area contributed by atoms with Crippen LogP contribution in [0.15, 0.2) is 36.7 Å². The number of thiazole rings is 1. The average Bonchev–Trinajstić information content (AvgIpc) is 3.36. The van der Waals surface area contributed by atoms with E-state index in [1.54, 1.807) is 20.0 Å². The third kappa shape index (κ3) is 4.56. The van der Waals surface area contributed by atoms with Crippen molar-refractivity contribution in [3.63, 3.8) is 0 Å². The second-order valence-electron chi connectivity index (χ2n) is 7.59. The molecule has 5 nitrogen and oxygen atoms in total. The van der Waals surface area contributed by atoms with Gasteiger partial charge in [0.2, 0.25) is 5.95 Å². The van der Waals surface area contributed by atoms with Crippen molar-refractivity contribution in [2.45, 2.75) is 44.4 Å². The first-order chi connectivity index (χ1) is 13.6. The highest BCUT2D eigenvalue weighted by atomic mass is 32.1. The Morgan fingerprint density at radius 3 is 2.52 bits per heavy atom. The molecule has 1 aliphatic carbocycles. The first-order valence-corrected chi connectivity index (χ1v) is 9.92. The number of halogens is 3. The molecule has 1 aromatic carbocycles. The first kappa shape index (κ1) is 19.8. The summed E-state index contributed by atoms with van der Waals surface area (Å²) in [5.74, 6) is 0.333. The average molecular weight is 420 g/mol. The van der Waals surface area contributed by atoms with Gasteiger partial charge < -0.3 is 10.4 Å². The molecule has 152 valence electrons. The lowest BCUT2D eigenvalue weighted by Gasteiger charge is -2.13. The number of rotatable bonds is 5. The minimum atomic E-state index is -4.53. The molecule has 0 radical (unpaired) electrons. The Labute approximate surface area is 169 Å². The first-order valence-electron chi connectivity index (χ1n) is 9.11. The summed E-state index contributed by atoms with van der Waals surface area (Å²) in [4.78, 5) is 12.7. The second-order valence-corrected chi connectivity index (χ2v) is 8.63. The number of hydrogen-bond donors (Lipinski definition) is 2. The lowest BCUT2D eigenvalue weighted by Crippen LogP contribution is -2.14. The van der Waals surface area contributed by atoms with E-state index in [0.717, 1.165) is 41.1 Å². The Kier molecular flexibility index (Phi) is 4.82. The minimum absolute atomic E-state index is 0.111. The summed E-state index contributed by atoms with van der Waals surface area (Å²) in [6.45, 7) is 3.35. The van der Waals surface area contributed by atoms with Crippen molar-refractivity contribution >= 4 is 23.0 Å². The molecule has 0 unspecified atom stereocenters. The number of nitrogens with one attached hydrogen (secondary N) is 1. The van der Waals surface area contributed by atoms with Crippen molar-refractivity contribution in [2.75, 3.05) is 5.32 Å². The molecule has 29 heavy (non-hydrogen) atoms. The Bertz CT molecular complexity index is 1040. The molecule has 0 spiro atoms. The third-order valence-corrected chi connectivity index (χ3v) is 5.88. The predicted molar refractivity (Wildman–Crippen MR) is 105 cm³/mol. The molecule has 0 amide bonds. The fourth-order valence-electron chi connectivity index (χ4n) is 2.91. The van der Waals surface area contributed by atoms with Gasteiger partial charge in [-0.2, -0.15) is 13.2 Å². The van der Waals surface area contributed by atoms with Crippen LogP contribution in [0.25, 0.3) is 10.4 Å². The maximum Gasteiger partial charge on any atom is 0.433 e. The molecule has 0 aliphatic heterocycles. The van der Waals surface area contributed by atoms with Gasteiger partial charge in [0.15, 0.2) is 0 Å². The standard InChI is InChI=1S/C20H19F3N4OS/c1-19(2,28)17-25-10-15(29-17)13-7-12(11-3-4-11)8-14(9-13)26-18-24-6-5-16(27-18)20(21,22)23/h5-11,28H,3-4H2,1-2H3,(H,24,26,27). The van der Waals surface area contributed by atoms with Crippen molar-refractivity contribution in [2.24, 2.45) is 0 Å². The van der Waals surface area contributed by atoms with Crippen molar-refractivity contribution in [1.29, 1.82) is 0 Å². The van der Waals surface area contributed by atoms with Crippen molar-refractivity contribution in [3.05, 3.63) is 52.9 Å². The van der Waals surface area contributed by atoms with E-state index < -0.39 is 17.5 Å². The number of benzene rings is 1. The topological polar surface area (TPSA) is 70.9 Å². The van der Waals surface area contributed by atoms with Crippen LogP contribution < -0.4 is 5.32 Å². The number of aromatic nitrogens is 3. The number of hydrogen-bond acceptors (Lipinski definition) is 6. The summed E-state index contributed by atoms with van der Waals surface area (Å²) in [6, 6.07) is 6.66. The van der Waals surface area contributed by atoms with Crippen LogP contribution in [0.3, 0.4) is 0 Å². The zero-order valence-electron chi connectivity index (χ0n) is 15.8. The summed E-state index contributed by atoms with van der Waals surface area (Å²) >= 11 is 1.39. The van der Waals surface area contributed by atoms with Crippen molar-refractivity contribution < 1.29 is 18.3 Å². The lowest BCUT2D eigenvalue weighted by atomic mass is 10.0. The molecule has 1 saturated carbocycles. The molecule has 1 fully saturated rings. The SMILES string of the molecule is CC(C)(O)c1ncc(-c2cc(Nc3nccc(C(F)(F)F)n3)cc(C3CC3)c2)s1. The Morgan fingerprint density at radius 1 is 1.14 bits per heavy atom. The van der Waals surface area contributed by atoms with Crippen LogP contribution in [-0.4, -0.2) is 20.1 Å². The molecule has 2 aromatic heterocycles. The van der Waals surface area contributed by atoms with E-state index in [1.165, 1.54) is 11.3 Å². The normalized spacial score (nSPS) is 14.8. The van der Waals surface area contributed by atoms with Crippen LogP contribution in [-0.2, 0) is 11.8 Å². The van der Waals surface area contributed by atoms with Crippen LogP contribution in [0.1, 0.15) is 48.9 Å². The van der Waals surface area contributed by atoms with Gasteiger partial charge in [-0.05, 0) is 68.0 Å². The van der Waals surface area contributed by atoms with Crippen LogP contribution in [0, 0.1) is 0 Å².